The van der Waals surface area contributed by atoms with Gasteiger partial charge in [-0.1, -0.05) is 24.3 Å². The molecule has 2 atom stereocenters. The van der Waals surface area contributed by atoms with Gasteiger partial charge in [0.2, 0.25) is 0 Å². The van der Waals surface area contributed by atoms with Gasteiger partial charge in [-0.15, -0.1) is 0 Å². The monoisotopic (exact) mass is 316 g/mol. The number of hydrogen-bond donors (Lipinski definition) is 0. The molecule has 2 unspecified atom stereocenters. The van der Waals surface area contributed by atoms with Crippen molar-refractivity contribution in [3.63, 3.8) is 0 Å². The predicted octanol–water partition coefficient (Wildman–Crippen LogP) is 3.97. The second-order valence-corrected chi connectivity index (χ2v) is 5.53. The van der Waals surface area contributed by atoms with E-state index in [-0.39, 0.29) is 11.7 Å². The average Bonchev–Trinajstić information content (AvgIpc) is 3.35. The van der Waals surface area contributed by atoms with E-state index in [1.54, 1.807) is 26.4 Å². The summed E-state index contributed by atoms with van der Waals surface area (Å²) < 4.78 is 22.7. The molecule has 0 radical (unpaired) electrons. The third kappa shape index (κ3) is 5.18. The molecular formula is C19H21FO3. The minimum Gasteiger partial charge on any atom is -0.489 e. The van der Waals surface area contributed by atoms with Crippen LogP contribution in [0.5, 0.6) is 5.75 Å². The summed E-state index contributed by atoms with van der Waals surface area (Å²) in [7, 11) is 3.25. The molecule has 3 rings (SSSR count). The van der Waals surface area contributed by atoms with Crippen LogP contribution in [0.4, 0.5) is 4.39 Å². The fraction of sp³-hybridized carbons (Fsp3) is 0.316. The SMILES string of the molecule is COC.O=CC1CC1c1ccc(OCc2ccc(F)cc2)cc1. The molecule has 23 heavy (non-hydrogen) atoms. The lowest BCUT2D eigenvalue weighted by Gasteiger charge is -2.07. The van der Waals surface area contributed by atoms with Crippen LogP contribution in [-0.4, -0.2) is 20.5 Å². The first-order valence-electron chi connectivity index (χ1n) is 7.50. The van der Waals surface area contributed by atoms with E-state index in [9.17, 15) is 9.18 Å². The van der Waals surface area contributed by atoms with Crippen molar-refractivity contribution in [3.8, 4) is 5.75 Å². The molecule has 1 fully saturated rings. The number of carbonyl (C=O) groups excluding carboxylic acids is 1. The van der Waals surface area contributed by atoms with Crippen LogP contribution in [0.15, 0.2) is 48.5 Å². The van der Waals surface area contributed by atoms with Crippen molar-refractivity contribution >= 4 is 6.29 Å². The van der Waals surface area contributed by atoms with Gasteiger partial charge in [0.15, 0.2) is 0 Å². The fourth-order valence-electron chi connectivity index (χ4n) is 2.31. The van der Waals surface area contributed by atoms with Crippen LogP contribution < -0.4 is 4.74 Å². The smallest absolute Gasteiger partial charge is 0.123 e. The number of benzene rings is 2. The molecule has 3 nitrogen and oxygen atoms in total. The minimum atomic E-state index is -0.243. The summed E-state index contributed by atoms with van der Waals surface area (Å²) in [6.45, 7) is 0.417. The number of ether oxygens (including phenoxy) is 2. The first kappa shape index (κ1) is 17.2. The number of halogens is 1. The van der Waals surface area contributed by atoms with Crippen molar-refractivity contribution in [1.29, 1.82) is 0 Å². The van der Waals surface area contributed by atoms with E-state index in [4.69, 9.17) is 4.74 Å². The molecule has 0 saturated heterocycles. The summed E-state index contributed by atoms with van der Waals surface area (Å²) in [4.78, 5) is 10.6. The summed E-state index contributed by atoms with van der Waals surface area (Å²) in [5.41, 5.74) is 2.12. The van der Waals surface area contributed by atoms with Crippen molar-refractivity contribution in [2.24, 2.45) is 5.92 Å². The molecule has 1 aliphatic rings. The van der Waals surface area contributed by atoms with E-state index in [0.29, 0.717) is 12.5 Å². The quantitative estimate of drug-likeness (QED) is 0.783. The van der Waals surface area contributed by atoms with Gasteiger partial charge < -0.3 is 14.3 Å². The summed E-state index contributed by atoms with van der Waals surface area (Å²) in [6, 6.07) is 14.1. The Kier molecular flexibility index (Phi) is 6.29. The van der Waals surface area contributed by atoms with Gasteiger partial charge in [-0.3, -0.25) is 0 Å². The Morgan fingerprint density at radius 3 is 2.22 bits per heavy atom. The second-order valence-electron chi connectivity index (χ2n) is 5.53. The number of methoxy groups -OCH3 is 1. The van der Waals surface area contributed by atoms with Crippen LogP contribution in [-0.2, 0) is 16.1 Å². The van der Waals surface area contributed by atoms with Crippen molar-refractivity contribution in [1.82, 2.24) is 0 Å². The molecule has 0 amide bonds. The topological polar surface area (TPSA) is 35.5 Å². The Morgan fingerprint density at radius 1 is 1.09 bits per heavy atom. The van der Waals surface area contributed by atoms with Gasteiger partial charge in [-0.2, -0.15) is 0 Å². The molecule has 0 spiro atoms. The zero-order valence-electron chi connectivity index (χ0n) is 13.4. The maximum absolute atomic E-state index is 12.8. The largest absolute Gasteiger partial charge is 0.489 e. The van der Waals surface area contributed by atoms with E-state index < -0.39 is 0 Å². The lowest BCUT2D eigenvalue weighted by atomic mass is 10.1. The van der Waals surface area contributed by atoms with Gasteiger partial charge >= 0.3 is 0 Å². The van der Waals surface area contributed by atoms with Crippen LogP contribution in [0.2, 0.25) is 0 Å². The van der Waals surface area contributed by atoms with Gasteiger partial charge in [0.1, 0.15) is 24.5 Å². The zero-order valence-corrected chi connectivity index (χ0v) is 13.4. The minimum absolute atomic E-state index is 0.195. The number of hydrogen-bond acceptors (Lipinski definition) is 3. The van der Waals surface area contributed by atoms with E-state index in [1.165, 1.54) is 17.7 Å². The van der Waals surface area contributed by atoms with Crippen molar-refractivity contribution in [3.05, 3.63) is 65.5 Å². The fourth-order valence-corrected chi connectivity index (χ4v) is 2.31. The highest BCUT2D eigenvalue weighted by Gasteiger charge is 2.37. The third-order valence-electron chi connectivity index (χ3n) is 3.64. The first-order chi connectivity index (χ1) is 11.2. The zero-order chi connectivity index (χ0) is 16.7. The summed E-state index contributed by atoms with van der Waals surface area (Å²) in [5.74, 6) is 1.12. The average molecular weight is 316 g/mol. The van der Waals surface area contributed by atoms with Crippen LogP contribution >= 0.6 is 0 Å². The molecule has 0 heterocycles. The highest BCUT2D eigenvalue weighted by Crippen LogP contribution is 2.46. The first-order valence-corrected chi connectivity index (χ1v) is 7.50. The summed E-state index contributed by atoms with van der Waals surface area (Å²) in [5, 5.41) is 0. The molecule has 1 aliphatic carbocycles. The molecule has 4 heteroatoms. The van der Waals surface area contributed by atoms with Gasteiger partial charge in [-0.05, 0) is 47.7 Å². The lowest BCUT2D eigenvalue weighted by Crippen LogP contribution is -1.95. The molecule has 0 aliphatic heterocycles. The van der Waals surface area contributed by atoms with E-state index >= 15 is 0 Å². The van der Waals surface area contributed by atoms with Gasteiger partial charge in [-0.25, -0.2) is 4.39 Å². The molecular weight excluding hydrogens is 295 g/mol. The standard InChI is InChI=1S/C17H15FO2.C2H6O/c18-15-5-1-12(2-6-15)11-20-16-7-3-13(4-8-16)17-9-14(17)10-19;1-3-2/h1-8,10,14,17H,9,11H2;1-2H3. The second kappa shape index (κ2) is 8.44. The third-order valence-corrected chi connectivity index (χ3v) is 3.64. The van der Waals surface area contributed by atoms with E-state index in [0.717, 1.165) is 24.0 Å². The number of aldehydes is 1. The number of carbonyl (C=O) groups is 1. The molecule has 122 valence electrons. The van der Waals surface area contributed by atoms with Crippen molar-refractivity contribution in [2.45, 2.75) is 18.9 Å². The van der Waals surface area contributed by atoms with E-state index in [2.05, 4.69) is 4.74 Å². The van der Waals surface area contributed by atoms with E-state index in [1.807, 2.05) is 24.3 Å². The molecule has 2 aromatic rings. The van der Waals surface area contributed by atoms with Gasteiger partial charge in [0.05, 0.1) is 0 Å². The molecule has 2 aromatic carbocycles. The predicted molar refractivity (Wildman–Crippen MR) is 87.0 cm³/mol. The van der Waals surface area contributed by atoms with Crippen LogP contribution in [0.1, 0.15) is 23.5 Å². The Labute approximate surface area is 136 Å². The van der Waals surface area contributed by atoms with Crippen LogP contribution in [0.3, 0.4) is 0 Å². The highest BCUT2D eigenvalue weighted by molar-refractivity contribution is 5.61. The van der Waals surface area contributed by atoms with Crippen molar-refractivity contribution in [2.75, 3.05) is 14.2 Å². The van der Waals surface area contributed by atoms with Gasteiger partial charge in [0.25, 0.3) is 0 Å². The normalized spacial score (nSPS) is 18.6. The van der Waals surface area contributed by atoms with Crippen LogP contribution in [0.25, 0.3) is 0 Å². The molecule has 0 bridgehead atoms. The lowest BCUT2D eigenvalue weighted by molar-refractivity contribution is -0.108. The van der Waals surface area contributed by atoms with Crippen LogP contribution in [0, 0.1) is 11.7 Å². The summed E-state index contributed by atoms with van der Waals surface area (Å²) >= 11 is 0. The Bertz CT molecular complexity index is 608. The van der Waals surface area contributed by atoms with Gasteiger partial charge in [0, 0.05) is 20.1 Å². The Balaban J connectivity index is 0.000000595. The van der Waals surface area contributed by atoms with Crippen molar-refractivity contribution < 1.29 is 18.7 Å². The Morgan fingerprint density at radius 2 is 1.70 bits per heavy atom. The molecule has 0 aromatic heterocycles. The molecule has 0 N–H and O–H groups in total. The maximum atomic E-state index is 12.8. The Hall–Kier alpha value is -2.20. The highest BCUT2D eigenvalue weighted by atomic mass is 19.1. The molecule has 1 saturated carbocycles. The maximum Gasteiger partial charge on any atom is 0.123 e. The summed E-state index contributed by atoms with van der Waals surface area (Å²) in [6.07, 6.45) is 1.99. The number of rotatable bonds is 5.